The number of ether oxygens (including phenoxy) is 3. The van der Waals surface area contributed by atoms with Gasteiger partial charge in [0.05, 0.1) is 27.9 Å². The van der Waals surface area contributed by atoms with Crippen LogP contribution in [0, 0.1) is 5.82 Å². The third-order valence-electron chi connectivity index (χ3n) is 5.11. The lowest BCUT2D eigenvalue weighted by atomic mass is 9.95. The monoisotopic (exact) mass is 529 g/mol. The van der Waals surface area contributed by atoms with E-state index in [1.165, 1.54) is 6.07 Å². The van der Waals surface area contributed by atoms with Crippen LogP contribution in [0.5, 0.6) is 17.2 Å². The van der Waals surface area contributed by atoms with E-state index < -0.39 is 0 Å². The Kier molecular flexibility index (Phi) is 8.57. The van der Waals surface area contributed by atoms with Crippen LogP contribution in [0.1, 0.15) is 25.3 Å². The first-order chi connectivity index (χ1) is 14.1. The summed E-state index contributed by atoms with van der Waals surface area (Å²) in [5.74, 6) is 2.08. The van der Waals surface area contributed by atoms with Crippen molar-refractivity contribution >= 4 is 35.6 Å². The van der Waals surface area contributed by atoms with Gasteiger partial charge in [0.15, 0.2) is 17.5 Å². The lowest BCUT2D eigenvalue weighted by Crippen LogP contribution is -2.31. The van der Waals surface area contributed by atoms with Crippen LogP contribution in [0.3, 0.4) is 0 Å². The highest BCUT2D eigenvalue weighted by Gasteiger charge is 2.45. The summed E-state index contributed by atoms with van der Waals surface area (Å²) in [5, 5.41) is 6.51. The number of anilines is 1. The van der Waals surface area contributed by atoms with E-state index >= 15 is 0 Å². The van der Waals surface area contributed by atoms with E-state index in [4.69, 9.17) is 19.2 Å². The molecule has 30 heavy (non-hydrogen) atoms. The van der Waals surface area contributed by atoms with Gasteiger partial charge in [-0.1, -0.05) is 18.2 Å². The van der Waals surface area contributed by atoms with E-state index in [-0.39, 0.29) is 35.2 Å². The summed E-state index contributed by atoms with van der Waals surface area (Å²) in [4.78, 5) is 4.73. The van der Waals surface area contributed by atoms with E-state index in [9.17, 15) is 4.39 Å². The maximum Gasteiger partial charge on any atom is 0.203 e. The van der Waals surface area contributed by atoms with Crippen molar-refractivity contribution in [2.24, 2.45) is 4.99 Å². The topological polar surface area (TPSA) is 64.1 Å². The summed E-state index contributed by atoms with van der Waals surface area (Å²) in [6.45, 7) is 3.20. The Bertz CT molecular complexity index is 863. The summed E-state index contributed by atoms with van der Waals surface area (Å²) in [5.41, 5.74) is 1.27. The summed E-state index contributed by atoms with van der Waals surface area (Å²) in [7, 11) is 4.72. The zero-order valence-corrected chi connectivity index (χ0v) is 20.1. The average Bonchev–Trinajstić information content (AvgIpc) is 3.52. The van der Waals surface area contributed by atoms with Crippen LogP contribution in [-0.2, 0) is 5.41 Å². The second-order valence-corrected chi connectivity index (χ2v) is 6.99. The molecule has 2 aromatic carbocycles. The molecule has 0 atom stereocenters. The molecule has 1 aliphatic carbocycles. The molecule has 2 N–H and O–H groups in total. The molecule has 0 amide bonds. The number of benzene rings is 2. The normalized spacial score (nSPS) is 14.4. The van der Waals surface area contributed by atoms with Crippen LogP contribution >= 0.6 is 24.0 Å². The van der Waals surface area contributed by atoms with Crippen molar-refractivity contribution in [1.29, 1.82) is 0 Å². The minimum atomic E-state index is -0.219. The summed E-state index contributed by atoms with van der Waals surface area (Å²) < 4.78 is 30.4. The Hall–Kier alpha value is -2.23. The van der Waals surface area contributed by atoms with Crippen LogP contribution in [0.25, 0.3) is 0 Å². The zero-order chi connectivity index (χ0) is 20.9. The predicted molar refractivity (Wildman–Crippen MR) is 128 cm³/mol. The standard InChI is InChI=1S/C22H28FN3O3.HI/c1-5-24-21(25-14-22(10-11-22)16-8-6-7-9-17(16)23)26-15-12-18(27-2)20(29-4)19(13-15)28-3;/h6-9,12-13H,5,10-11,14H2,1-4H3,(H2,24,25,26);1H. The Morgan fingerprint density at radius 2 is 1.70 bits per heavy atom. The van der Waals surface area contributed by atoms with Gasteiger partial charge in [-0.05, 0) is 31.4 Å². The van der Waals surface area contributed by atoms with Gasteiger partial charge in [0.2, 0.25) is 5.75 Å². The highest BCUT2D eigenvalue weighted by Crippen LogP contribution is 2.49. The van der Waals surface area contributed by atoms with Crippen LogP contribution in [-0.4, -0.2) is 40.4 Å². The van der Waals surface area contributed by atoms with Gasteiger partial charge in [-0.2, -0.15) is 0 Å². The molecule has 0 radical (unpaired) electrons. The first-order valence-corrected chi connectivity index (χ1v) is 9.67. The molecule has 0 spiro atoms. The third kappa shape index (κ3) is 5.27. The quantitative estimate of drug-likeness (QED) is 0.298. The number of nitrogens with zero attached hydrogens (tertiary/aromatic N) is 1. The molecule has 2 aromatic rings. The number of hydrogen-bond donors (Lipinski definition) is 2. The fraction of sp³-hybridized carbons (Fsp3) is 0.409. The van der Waals surface area contributed by atoms with Crippen LogP contribution in [0.15, 0.2) is 41.4 Å². The Morgan fingerprint density at radius 3 is 2.20 bits per heavy atom. The molecule has 0 bridgehead atoms. The van der Waals surface area contributed by atoms with Crippen molar-refractivity contribution in [3.8, 4) is 17.2 Å². The molecule has 1 aliphatic rings. The maximum atomic E-state index is 14.3. The minimum absolute atomic E-state index is 0. The SMILES string of the molecule is CCNC(=NCC1(c2ccccc2F)CC1)Nc1cc(OC)c(OC)c(OC)c1.I. The largest absolute Gasteiger partial charge is 0.493 e. The Balaban J connectivity index is 0.00000320. The van der Waals surface area contributed by atoms with Gasteiger partial charge in [0, 0.05) is 29.8 Å². The van der Waals surface area contributed by atoms with Gasteiger partial charge in [-0.15, -0.1) is 24.0 Å². The molecule has 0 heterocycles. The smallest absolute Gasteiger partial charge is 0.203 e. The van der Waals surface area contributed by atoms with Crippen LogP contribution < -0.4 is 24.8 Å². The van der Waals surface area contributed by atoms with E-state index in [1.54, 1.807) is 27.4 Å². The average molecular weight is 529 g/mol. The fourth-order valence-corrected chi connectivity index (χ4v) is 3.38. The fourth-order valence-electron chi connectivity index (χ4n) is 3.38. The van der Waals surface area contributed by atoms with Crippen molar-refractivity contribution in [3.05, 3.63) is 47.8 Å². The van der Waals surface area contributed by atoms with Gasteiger partial charge < -0.3 is 24.8 Å². The van der Waals surface area contributed by atoms with Gasteiger partial charge >= 0.3 is 0 Å². The highest BCUT2D eigenvalue weighted by molar-refractivity contribution is 14.0. The lowest BCUT2D eigenvalue weighted by molar-refractivity contribution is 0.324. The molecule has 0 saturated heterocycles. The van der Waals surface area contributed by atoms with Crippen molar-refractivity contribution < 1.29 is 18.6 Å². The zero-order valence-electron chi connectivity index (χ0n) is 17.8. The van der Waals surface area contributed by atoms with E-state index in [0.29, 0.717) is 36.3 Å². The third-order valence-corrected chi connectivity index (χ3v) is 5.11. The molecule has 6 nitrogen and oxygen atoms in total. The van der Waals surface area contributed by atoms with Crippen LogP contribution in [0.2, 0.25) is 0 Å². The minimum Gasteiger partial charge on any atom is -0.493 e. The molecular formula is C22H29FIN3O3. The molecular weight excluding hydrogens is 500 g/mol. The number of methoxy groups -OCH3 is 3. The maximum absolute atomic E-state index is 14.3. The second-order valence-electron chi connectivity index (χ2n) is 6.99. The number of hydrogen-bond acceptors (Lipinski definition) is 4. The summed E-state index contributed by atoms with van der Waals surface area (Å²) in [6, 6.07) is 10.6. The molecule has 0 aliphatic heterocycles. The molecule has 0 unspecified atom stereocenters. The molecule has 0 aromatic heterocycles. The summed E-state index contributed by atoms with van der Waals surface area (Å²) in [6.07, 6.45) is 1.86. The number of rotatable bonds is 8. The van der Waals surface area contributed by atoms with Gasteiger partial charge in [-0.25, -0.2) is 4.39 Å². The van der Waals surface area contributed by atoms with Crippen molar-refractivity contribution in [1.82, 2.24) is 5.32 Å². The number of aliphatic imine (C=N–C) groups is 1. The van der Waals surface area contributed by atoms with Crippen molar-refractivity contribution in [3.63, 3.8) is 0 Å². The highest BCUT2D eigenvalue weighted by atomic mass is 127. The molecule has 1 fully saturated rings. The number of guanidine groups is 1. The van der Waals surface area contributed by atoms with Gasteiger partial charge in [0.25, 0.3) is 0 Å². The molecule has 1 saturated carbocycles. The number of halogens is 2. The second kappa shape index (κ2) is 10.7. The molecule has 8 heteroatoms. The van der Waals surface area contributed by atoms with Crippen molar-refractivity contribution in [2.45, 2.75) is 25.2 Å². The first-order valence-electron chi connectivity index (χ1n) is 9.67. The van der Waals surface area contributed by atoms with E-state index in [0.717, 1.165) is 24.1 Å². The van der Waals surface area contributed by atoms with Gasteiger partial charge in [0.1, 0.15) is 5.82 Å². The molecule has 3 rings (SSSR count). The first kappa shape index (κ1) is 24.0. The summed E-state index contributed by atoms with van der Waals surface area (Å²) >= 11 is 0. The van der Waals surface area contributed by atoms with E-state index in [2.05, 4.69) is 10.6 Å². The number of nitrogens with one attached hydrogen (secondary N) is 2. The predicted octanol–water partition coefficient (Wildman–Crippen LogP) is 4.58. The Morgan fingerprint density at radius 1 is 1.07 bits per heavy atom. The van der Waals surface area contributed by atoms with E-state index in [1.807, 2.05) is 31.2 Å². The van der Waals surface area contributed by atoms with Crippen LogP contribution in [0.4, 0.5) is 10.1 Å². The van der Waals surface area contributed by atoms with Gasteiger partial charge in [-0.3, -0.25) is 4.99 Å². The lowest BCUT2D eigenvalue weighted by Gasteiger charge is -2.18. The molecule has 164 valence electrons. The Labute approximate surface area is 194 Å². The van der Waals surface area contributed by atoms with Crippen molar-refractivity contribution in [2.75, 3.05) is 39.7 Å².